The number of halogens is 6. The lowest BCUT2D eigenvalue weighted by molar-refractivity contribution is -0.365. The summed E-state index contributed by atoms with van der Waals surface area (Å²) < 4.78 is 103. The van der Waals surface area contributed by atoms with Crippen LogP contribution in [0, 0.1) is 0 Å². The average Bonchev–Trinajstić information content (AvgIpc) is 3.80. The molecule has 0 amide bonds. The van der Waals surface area contributed by atoms with Crippen molar-refractivity contribution in [1.82, 2.24) is 0 Å². The van der Waals surface area contributed by atoms with Crippen LogP contribution in [0.2, 0.25) is 0 Å². The highest BCUT2D eigenvalue weighted by Crippen LogP contribution is 2.63. The molecule has 2 fully saturated rings. The van der Waals surface area contributed by atoms with Crippen LogP contribution in [0.3, 0.4) is 0 Å². The molecule has 2 aromatic heterocycles. The van der Waals surface area contributed by atoms with Crippen molar-refractivity contribution < 1.29 is 54.9 Å². The zero-order valence-corrected chi connectivity index (χ0v) is 23.8. The second kappa shape index (κ2) is 10.1. The molecule has 0 N–H and O–H groups in total. The number of carbonyl (C=O) groups is 2. The molecular formula is C30H18F6O6S2. The van der Waals surface area contributed by atoms with Crippen molar-refractivity contribution in [3.8, 4) is 9.75 Å². The van der Waals surface area contributed by atoms with Gasteiger partial charge in [0.2, 0.25) is 11.6 Å². The van der Waals surface area contributed by atoms with Gasteiger partial charge in [-0.05, 0) is 36.4 Å². The Labute approximate surface area is 252 Å². The van der Waals surface area contributed by atoms with Gasteiger partial charge in [0.15, 0.2) is 0 Å². The second-order valence-electron chi connectivity index (χ2n) is 10.1. The molecule has 3 aliphatic rings. The smallest absolute Gasteiger partial charge is 0.339 e. The van der Waals surface area contributed by atoms with E-state index in [1.807, 2.05) is 0 Å². The predicted molar refractivity (Wildman–Crippen MR) is 145 cm³/mol. The number of ether oxygens (including phenoxy) is 4. The molecule has 0 bridgehead atoms. The number of hydrogen-bond acceptors (Lipinski definition) is 8. The summed E-state index contributed by atoms with van der Waals surface area (Å²) in [7, 11) is 0. The van der Waals surface area contributed by atoms with E-state index in [1.54, 1.807) is 0 Å². The molecule has 44 heavy (non-hydrogen) atoms. The van der Waals surface area contributed by atoms with Crippen molar-refractivity contribution in [1.29, 1.82) is 0 Å². The Morgan fingerprint density at radius 1 is 0.568 bits per heavy atom. The maximum absolute atomic E-state index is 13.5. The molecule has 4 aromatic rings. The van der Waals surface area contributed by atoms with Crippen molar-refractivity contribution in [2.45, 2.75) is 23.9 Å². The summed E-state index contributed by atoms with van der Waals surface area (Å²) in [5.41, 5.74) is -0.910. The highest BCUT2D eigenvalue weighted by atomic mass is 32.1. The Morgan fingerprint density at radius 3 is 1.18 bits per heavy atom. The van der Waals surface area contributed by atoms with Crippen LogP contribution in [0.4, 0.5) is 26.3 Å². The molecular weight excluding hydrogens is 634 g/mol. The summed E-state index contributed by atoms with van der Waals surface area (Å²) >= 11 is 2.10. The third kappa shape index (κ3) is 4.38. The van der Waals surface area contributed by atoms with Gasteiger partial charge in [0.05, 0.1) is 57.1 Å². The standard InChI is InChI=1S/C30H18F6O6S2/c31-29(32,33)17-5-1-15(2-6-17)23(37)21-13-19-25(43-21)26-20(28(41-11-12-42-28)27(19)39-9-10-40-27)14-22(44-26)24(38)16-3-7-18(8-4-16)30(34,35)36/h1-8,13-14H,9-12H2. The minimum absolute atomic E-state index is 0.0339. The number of rotatable bonds is 4. The van der Waals surface area contributed by atoms with Crippen LogP contribution in [-0.2, 0) is 42.9 Å². The molecule has 2 aliphatic heterocycles. The first-order chi connectivity index (χ1) is 20.8. The highest BCUT2D eigenvalue weighted by Gasteiger charge is 2.67. The number of fused-ring (bicyclic) bond motifs is 6. The summed E-state index contributed by atoms with van der Waals surface area (Å²) in [6.45, 7) is 0.622. The van der Waals surface area contributed by atoms with Gasteiger partial charge in [0, 0.05) is 22.3 Å². The normalized spacial score (nSPS) is 18.5. The van der Waals surface area contributed by atoms with Crippen LogP contribution >= 0.6 is 22.7 Å². The van der Waals surface area contributed by atoms with Crippen LogP contribution in [0.5, 0.6) is 0 Å². The van der Waals surface area contributed by atoms with Gasteiger partial charge >= 0.3 is 12.4 Å². The minimum Gasteiger partial charge on any atom is -0.339 e. The summed E-state index contributed by atoms with van der Waals surface area (Å²) in [6, 6.07) is 10.8. The first-order valence-electron chi connectivity index (χ1n) is 13.1. The van der Waals surface area contributed by atoms with Crippen molar-refractivity contribution in [2.75, 3.05) is 26.4 Å². The molecule has 228 valence electrons. The monoisotopic (exact) mass is 652 g/mol. The first kappa shape index (κ1) is 29.3. The van der Waals surface area contributed by atoms with E-state index in [1.165, 1.54) is 12.1 Å². The van der Waals surface area contributed by atoms with Gasteiger partial charge in [0.25, 0.3) is 11.6 Å². The molecule has 0 unspecified atom stereocenters. The van der Waals surface area contributed by atoms with Gasteiger partial charge in [-0.15, -0.1) is 22.7 Å². The number of hydrogen-bond donors (Lipinski definition) is 0. The number of benzene rings is 2. The number of carbonyl (C=O) groups excluding carboxylic acids is 2. The average molecular weight is 653 g/mol. The van der Waals surface area contributed by atoms with Crippen molar-refractivity contribution >= 4 is 34.2 Å². The Balaban J connectivity index is 1.34. The topological polar surface area (TPSA) is 71.1 Å². The first-order valence-corrected chi connectivity index (χ1v) is 14.8. The lowest BCUT2D eigenvalue weighted by Gasteiger charge is -2.44. The third-order valence-corrected chi connectivity index (χ3v) is 10.0. The predicted octanol–water partition coefficient (Wildman–Crippen LogP) is 7.39. The van der Waals surface area contributed by atoms with E-state index >= 15 is 0 Å². The molecule has 6 nitrogen and oxygen atoms in total. The number of alkyl halides is 6. The van der Waals surface area contributed by atoms with Crippen molar-refractivity contribution in [3.05, 3.63) is 104 Å². The molecule has 0 saturated carbocycles. The van der Waals surface area contributed by atoms with Crippen molar-refractivity contribution in [2.24, 2.45) is 0 Å². The Hall–Kier alpha value is -3.40. The Bertz CT molecular complexity index is 1640. The summed E-state index contributed by atoms with van der Waals surface area (Å²) in [5.74, 6) is -4.38. The van der Waals surface area contributed by atoms with E-state index in [9.17, 15) is 35.9 Å². The molecule has 4 heterocycles. The van der Waals surface area contributed by atoms with Gasteiger partial charge in [-0.2, -0.15) is 26.3 Å². The molecule has 0 radical (unpaired) electrons. The summed E-state index contributed by atoms with van der Waals surface area (Å²) in [5, 5.41) is 0. The number of thiophene rings is 2. The maximum Gasteiger partial charge on any atom is 0.416 e. The van der Waals surface area contributed by atoms with Crippen LogP contribution in [0.25, 0.3) is 9.75 Å². The van der Waals surface area contributed by atoms with E-state index in [0.29, 0.717) is 20.9 Å². The summed E-state index contributed by atoms with van der Waals surface area (Å²) in [6.07, 6.45) is -9.12. The van der Waals surface area contributed by atoms with E-state index in [0.717, 1.165) is 71.2 Å². The largest absolute Gasteiger partial charge is 0.416 e. The maximum atomic E-state index is 13.5. The van der Waals surface area contributed by atoms with Gasteiger partial charge in [0.1, 0.15) is 0 Å². The molecule has 7 rings (SSSR count). The molecule has 2 spiro atoms. The summed E-state index contributed by atoms with van der Waals surface area (Å²) in [4.78, 5) is 28.4. The highest BCUT2D eigenvalue weighted by molar-refractivity contribution is 7.24. The van der Waals surface area contributed by atoms with E-state index in [4.69, 9.17) is 18.9 Å². The Morgan fingerprint density at radius 2 is 0.886 bits per heavy atom. The zero-order chi connectivity index (χ0) is 31.1. The van der Waals surface area contributed by atoms with E-state index < -0.39 is 46.6 Å². The zero-order valence-electron chi connectivity index (χ0n) is 22.1. The quantitative estimate of drug-likeness (QED) is 0.169. The van der Waals surface area contributed by atoms with Crippen molar-refractivity contribution in [3.63, 3.8) is 0 Å². The fraction of sp³-hybridized carbons (Fsp3) is 0.267. The lowest BCUT2D eigenvalue weighted by atomic mass is 9.84. The van der Waals surface area contributed by atoms with Crippen LogP contribution < -0.4 is 0 Å². The lowest BCUT2D eigenvalue weighted by Crippen LogP contribution is -2.53. The fourth-order valence-corrected chi connectivity index (χ4v) is 8.08. The van der Waals surface area contributed by atoms with E-state index in [-0.39, 0.29) is 47.3 Å². The molecule has 2 saturated heterocycles. The van der Waals surface area contributed by atoms with Gasteiger partial charge in [-0.3, -0.25) is 9.59 Å². The van der Waals surface area contributed by atoms with E-state index in [2.05, 4.69) is 0 Å². The third-order valence-electron chi connectivity index (χ3n) is 7.60. The fourth-order valence-electron chi connectivity index (χ4n) is 5.61. The van der Waals surface area contributed by atoms with Gasteiger partial charge < -0.3 is 18.9 Å². The second-order valence-corrected chi connectivity index (χ2v) is 12.2. The SMILES string of the molecule is O=C(c1ccc(C(F)(F)F)cc1)c1cc2c(s1)-c1sc(C(=O)c3ccc(C(F)(F)F)cc3)cc1C1(OCCO1)C21OCCO1. The van der Waals surface area contributed by atoms with Crippen LogP contribution in [0.15, 0.2) is 60.7 Å². The van der Waals surface area contributed by atoms with Crippen LogP contribution in [-0.4, -0.2) is 38.0 Å². The van der Waals surface area contributed by atoms with Gasteiger partial charge in [-0.25, -0.2) is 0 Å². The molecule has 1 aliphatic carbocycles. The molecule has 2 aromatic carbocycles. The molecule has 0 atom stereocenters. The van der Waals surface area contributed by atoms with Gasteiger partial charge in [-0.1, -0.05) is 24.3 Å². The molecule has 14 heteroatoms. The van der Waals surface area contributed by atoms with Crippen LogP contribution in [0.1, 0.15) is 52.7 Å². The number of ketones is 2. The Kier molecular flexibility index (Phi) is 6.70. The minimum atomic E-state index is -4.56.